The molecule has 1 aliphatic rings. The lowest BCUT2D eigenvalue weighted by molar-refractivity contribution is -0.137. The summed E-state index contributed by atoms with van der Waals surface area (Å²) < 4.78 is 43.6. The molecule has 3 aromatic rings. The molecule has 0 bridgehead atoms. The smallest absolute Gasteiger partial charge is 0.416 e. The number of benzene rings is 2. The lowest BCUT2D eigenvalue weighted by Crippen LogP contribution is -2.30. The molecule has 3 nitrogen and oxygen atoms in total. The van der Waals surface area contributed by atoms with E-state index in [-0.39, 0.29) is 17.7 Å². The summed E-state index contributed by atoms with van der Waals surface area (Å²) in [6.07, 6.45) is -2.18. The van der Waals surface area contributed by atoms with E-state index in [0.29, 0.717) is 12.2 Å². The fourth-order valence-corrected chi connectivity index (χ4v) is 3.44. The van der Waals surface area contributed by atoms with Crippen LogP contribution in [0.3, 0.4) is 0 Å². The van der Waals surface area contributed by atoms with Crippen molar-refractivity contribution in [1.29, 1.82) is 0 Å². The van der Waals surface area contributed by atoms with Crippen LogP contribution in [-0.2, 0) is 11.0 Å². The Labute approximate surface area is 160 Å². The van der Waals surface area contributed by atoms with Crippen molar-refractivity contribution in [3.8, 4) is 0 Å². The van der Waals surface area contributed by atoms with Gasteiger partial charge in [0.25, 0.3) is 0 Å². The number of halogens is 3. The fraction of sp³-hybridized carbons (Fsp3) is 0.227. The van der Waals surface area contributed by atoms with E-state index in [1.165, 1.54) is 12.1 Å². The van der Waals surface area contributed by atoms with E-state index in [0.717, 1.165) is 23.3 Å². The maximum absolute atomic E-state index is 12.8. The first-order valence-corrected chi connectivity index (χ1v) is 8.99. The maximum atomic E-state index is 12.8. The summed E-state index contributed by atoms with van der Waals surface area (Å²) in [6, 6.07) is 17.7. The van der Waals surface area contributed by atoms with Gasteiger partial charge >= 0.3 is 6.18 Å². The molecule has 3 atom stereocenters. The Balaban J connectivity index is 1.46. The summed E-state index contributed by atoms with van der Waals surface area (Å²) in [7, 11) is 0. The van der Waals surface area contributed by atoms with Gasteiger partial charge < -0.3 is 9.73 Å². The molecule has 3 unspecified atom stereocenters. The average Bonchev–Trinajstić information content (AvgIpc) is 3.32. The number of alkyl halides is 3. The van der Waals surface area contributed by atoms with Gasteiger partial charge in [-0.1, -0.05) is 42.5 Å². The Bertz CT molecular complexity index is 934. The molecule has 1 N–H and O–H groups in total. The van der Waals surface area contributed by atoms with E-state index in [1.54, 1.807) is 18.4 Å². The Kier molecular flexibility index (Phi) is 4.71. The number of furan rings is 1. The molecule has 4 rings (SSSR count). The Morgan fingerprint density at radius 3 is 2.32 bits per heavy atom. The highest BCUT2D eigenvalue weighted by Gasteiger charge is 2.45. The molecule has 1 saturated carbocycles. The summed E-state index contributed by atoms with van der Waals surface area (Å²) in [5.41, 5.74) is 0.972. The Morgan fingerprint density at radius 2 is 1.71 bits per heavy atom. The van der Waals surface area contributed by atoms with E-state index in [2.05, 4.69) is 5.32 Å². The van der Waals surface area contributed by atoms with Crippen LogP contribution < -0.4 is 5.32 Å². The van der Waals surface area contributed by atoms with E-state index >= 15 is 0 Å². The number of rotatable bonds is 5. The zero-order valence-corrected chi connectivity index (χ0v) is 14.8. The second-order valence-electron chi connectivity index (χ2n) is 6.94. The monoisotopic (exact) mass is 385 g/mol. The molecule has 1 aromatic heterocycles. The topological polar surface area (TPSA) is 42.2 Å². The summed E-state index contributed by atoms with van der Waals surface area (Å²) >= 11 is 0. The van der Waals surface area contributed by atoms with Gasteiger partial charge in [-0.3, -0.25) is 4.79 Å². The van der Waals surface area contributed by atoms with Gasteiger partial charge in [0.1, 0.15) is 11.8 Å². The van der Waals surface area contributed by atoms with Gasteiger partial charge in [-0.2, -0.15) is 13.2 Å². The van der Waals surface area contributed by atoms with Crippen molar-refractivity contribution in [3.63, 3.8) is 0 Å². The number of amides is 1. The predicted molar refractivity (Wildman–Crippen MR) is 97.4 cm³/mol. The molecule has 1 fully saturated rings. The minimum Gasteiger partial charge on any atom is -0.467 e. The number of nitrogens with one attached hydrogen (secondary N) is 1. The third kappa shape index (κ3) is 3.81. The van der Waals surface area contributed by atoms with Crippen LogP contribution in [-0.4, -0.2) is 5.91 Å². The van der Waals surface area contributed by atoms with Crippen LogP contribution in [0.1, 0.15) is 40.8 Å². The van der Waals surface area contributed by atoms with Gasteiger partial charge in [-0.15, -0.1) is 0 Å². The average molecular weight is 385 g/mol. The van der Waals surface area contributed by atoms with Crippen LogP contribution >= 0.6 is 0 Å². The van der Waals surface area contributed by atoms with Crippen LogP contribution in [0.4, 0.5) is 13.2 Å². The van der Waals surface area contributed by atoms with Crippen molar-refractivity contribution < 1.29 is 22.4 Å². The van der Waals surface area contributed by atoms with Crippen LogP contribution in [0.15, 0.2) is 77.4 Å². The van der Waals surface area contributed by atoms with Crippen LogP contribution in [0, 0.1) is 5.92 Å². The molecular weight excluding hydrogens is 367 g/mol. The third-order valence-electron chi connectivity index (χ3n) is 5.04. The van der Waals surface area contributed by atoms with Gasteiger partial charge in [-0.05, 0) is 47.7 Å². The lowest BCUT2D eigenvalue weighted by Gasteiger charge is -2.17. The van der Waals surface area contributed by atoms with Crippen molar-refractivity contribution in [1.82, 2.24) is 5.32 Å². The first-order valence-electron chi connectivity index (χ1n) is 8.99. The molecule has 0 saturated heterocycles. The molecular formula is C22H18F3NO2. The van der Waals surface area contributed by atoms with Gasteiger partial charge in [0.05, 0.1) is 11.8 Å². The first-order chi connectivity index (χ1) is 13.4. The van der Waals surface area contributed by atoms with Gasteiger partial charge in [-0.25, -0.2) is 0 Å². The summed E-state index contributed by atoms with van der Waals surface area (Å²) in [4.78, 5) is 12.8. The quantitative estimate of drug-likeness (QED) is 0.647. The van der Waals surface area contributed by atoms with E-state index in [9.17, 15) is 18.0 Å². The Morgan fingerprint density at radius 1 is 1.00 bits per heavy atom. The standard InChI is InChI=1S/C22H18F3NO2/c23-22(24,25)16-10-8-14(9-11-16)17-13-18(17)21(27)26-20(19-7-4-12-28-19)15-5-2-1-3-6-15/h1-12,17-18,20H,13H2,(H,26,27). The van der Waals surface area contributed by atoms with Crippen LogP contribution in [0.25, 0.3) is 0 Å². The number of carbonyl (C=O) groups excluding carboxylic acids is 1. The number of carbonyl (C=O) groups is 1. The number of hydrogen-bond acceptors (Lipinski definition) is 2. The molecule has 1 aliphatic carbocycles. The highest BCUT2D eigenvalue weighted by Crippen LogP contribution is 2.48. The molecule has 0 spiro atoms. The molecule has 0 aliphatic heterocycles. The zero-order valence-electron chi connectivity index (χ0n) is 14.8. The molecule has 144 valence electrons. The zero-order chi connectivity index (χ0) is 19.7. The maximum Gasteiger partial charge on any atom is 0.416 e. The highest BCUT2D eigenvalue weighted by molar-refractivity contribution is 5.83. The largest absolute Gasteiger partial charge is 0.467 e. The van der Waals surface area contributed by atoms with E-state index < -0.39 is 17.8 Å². The van der Waals surface area contributed by atoms with E-state index in [4.69, 9.17) is 4.42 Å². The number of hydrogen-bond donors (Lipinski definition) is 1. The predicted octanol–water partition coefficient (Wildman–Crippen LogP) is 5.31. The van der Waals surface area contributed by atoms with Gasteiger partial charge in [0.15, 0.2) is 0 Å². The molecule has 1 amide bonds. The van der Waals surface area contributed by atoms with Crippen LogP contribution in [0.2, 0.25) is 0 Å². The first kappa shape index (κ1) is 18.3. The summed E-state index contributed by atoms with van der Waals surface area (Å²) in [5.74, 6) is 0.189. The molecule has 0 radical (unpaired) electrons. The van der Waals surface area contributed by atoms with Crippen molar-refractivity contribution in [3.05, 3.63) is 95.4 Å². The molecule has 6 heteroatoms. The minimum atomic E-state index is -4.36. The highest BCUT2D eigenvalue weighted by atomic mass is 19.4. The molecule has 1 heterocycles. The minimum absolute atomic E-state index is 0.0599. The SMILES string of the molecule is O=C(NC(c1ccccc1)c1ccco1)C1CC1c1ccc(C(F)(F)F)cc1. The van der Waals surface area contributed by atoms with Crippen molar-refractivity contribution in [2.75, 3.05) is 0 Å². The second kappa shape index (κ2) is 7.19. The third-order valence-corrected chi connectivity index (χ3v) is 5.04. The van der Waals surface area contributed by atoms with Crippen molar-refractivity contribution in [2.45, 2.75) is 24.6 Å². The fourth-order valence-electron chi connectivity index (χ4n) is 3.44. The van der Waals surface area contributed by atoms with Gasteiger partial charge in [0, 0.05) is 5.92 Å². The van der Waals surface area contributed by atoms with Crippen LogP contribution in [0.5, 0.6) is 0 Å². The molecule has 2 aromatic carbocycles. The summed E-state index contributed by atoms with van der Waals surface area (Å²) in [6.45, 7) is 0. The Hall–Kier alpha value is -3.02. The molecule has 28 heavy (non-hydrogen) atoms. The summed E-state index contributed by atoms with van der Waals surface area (Å²) in [5, 5.41) is 3.02. The van der Waals surface area contributed by atoms with E-state index in [1.807, 2.05) is 30.3 Å². The van der Waals surface area contributed by atoms with Crippen molar-refractivity contribution >= 4 is 5.91 Å². The van der Waals surface area contributed by atoms with Gasteiger partial charge in [0.2, 0.25) is 5.91 Å². The van der Waals surface area contributed by atoms with Crippen molar-refractivity contribution in [2.24, 2.45) is 5.92 Å². The normalized spacial score (nSPS) is 19.8. The second-order valence-corrected chi connectivity index (χ2v) is 6.94. The lowest BCUT2D eigenvalue weighted by atomic mass is 10.0.